The molecule has 0 radical (unpaired) electrons. The van der Waals surface area contributed by atoms with Gasteiger partial charge in [0.1, 0.15) is 10.5 Å². The molecule has 0 saturated carbocycles. The van der Waals surface area contributed by atoms with Crippen LogP contribution >= 0.6 is 12.6 Å². The van der Waals surface area contributed by atoms with Gasteiger partial charge in [0.2, 0.25) is 0 Å². The van der Waals surface area contributed by atoms with E-state index in [9.17, 15) is 0 Å². The fourth-order valence-corrected chi connectivity index (χ4v) is 0.581. The molecule has 0 saturated heterocycles. The van der Waals surface area contributed by atoms with Crippen LogP contribution in [0.1, 0.15) is 13.8 Å². The Morgan fingerprint density at radius 2 is 2.14 bits per heavy atom. The van der Waals surface area contributed by atoms with Gasteiger partial charge in [-0.05, 0) is 13.8 Å². The zero-order valence-electron chi connectivity index (χ0n) is 5.06. The van der Waals surface area contributed by atoms with Crippen LogP contribution in [0, 0.1) is 0 Å². The Labute approximate surface area is 53.4 Å². The standard InChI is InChI=1S/C4H12OSSi/c1-4(2,3-6)5-7/h6H,3H2,1-2,7H3. The van der Waals surface area contributed by atoms with Crippen molar-refractivity contribution in [3.05, 3.63) is 0 Å². The molecule has 0 aliphatic rings. The van der Waals surface area contributed by atoms with Crippen molar-refractivity contribution in [1.29, 1.82) is 0 Å². The first-order chi connectivity index (χ1) is 3.12. The van der Waals surface area contributed by atoms with Crippen molar-refractivity contribution in [2.45, 2.75) is 19.4 Å². The van der Waals surface area contributed by atoms with Gasteiger partial charge in [-0.1, -0.05) is 0 Å². The van der Waals surface area contributed by atoms with Crippen molar-refractivity contribution in [3.8, 4) is 0 Å². The highest BCUT2D eigenvalue weighted by Crippen LogP contribution is 2.06. The van der Waals surface area contributed by atoms with Crippen molar-refractivity contribution in [1.82, 2.24) is 0 Å². The third-order valence-electron chi connectivity index (χ3n) is 0.933. The summed E-state index contributed by atoms with van der Waals surface area (Å²) < 4.78 is 5.15. The Morgan fingerprint density at radius 3 is 2.14 bits per heavy atom. The van der Waals surface area contributed by atoms with Gasteiger partial charge in [-0.2, -0.15) is 12.6 Å². The second kappa shape index (κ2) is 2.74. The van der Waals surface area contributed by atoms with Crippen LogP contribution in [0.15, 0.2) is 0 Å². The summed E-state index contributed by atoms with van der Waals surface area (Å²) in [6.07, 6.45) is 0. The van der Waals surface area contributed by atoms with Crippen molar-refractivity contribution in [2.24, 2.45) is 0 Å². The molecule has 0 aromatic rings. The third kappa shape index (κ3) is 3.14. The van der Waals surface area contributed by atoms with E-state index in [1.165, 1.54) is 0 Å². The maximum Gasteiger partial charge on any atom is 0.146 e. The monoisotopic (exact) mass is 136 g/mol. The molecule has 0 aliphatic carbocycles. The molecule has 0 fully saturated rings. The highest BCUT2D eigenvalue weighted by Gasteiger charge is 2.10. The smallest absolute Gasteiger partial charge is 0.146 e. The molecule has 0 spiro atoms. The predicted octanol–water partition coefficient (Wildman–Crippen LogP) is -0.00820. The normalized spacial score (nSPS) is 12.4. The van der Waals surface area contributed by atoms with Crippen LogP contribution in [0.4, 0.5) is 0 Å². The molecule has 0 bridgehead atoms. The lowest BCUT2D eigenvalue weighted by Gasteiger charge is -2.19. The molecule has 44 valence electrons. The first kappa shape index (κ1) is 7.53. The topological polar surface area (TPSA) is 9.23 Å². The minimum Gasteiger partial charge on any atom is -0.422 e. The lowest BCUT2D eigenvalue weighted by molar-refractivity contribution is 0.152. The summed E-state index contributed by atoms with van der Waals surface area (Å²) in [4.78, 5) is 0. The van der Waals surface area contributed by atoms with Crippen LogP contribution in [0.25, 0.3) is 0 Å². The number of rotatable bonds is 2. The van der Waals surface area contributed by atoms with Gasteiger partial charge in [0, 0.05) is 5.75 Å². The van der Waals surface area contributed by atoms with Gasteiger partial charge >= 0.3 is 0 Å². The molecule has 0 amide bonds. The van der Waals surface area contributed by atoms with E-state index in [4.69, 9.17) is 4.43 Å². The van der Waals surface area contributed by atoms with Crippen LogP contribution in [0.3, 0.4) is 0 Å². The van der Waals surface area contributed by atoms with E-state index in [0.29, 0.717) is 0 Å². The average Bonchev–Trinajstić information content (AvgIpc) is 1.68. The van der Waals surface area contributed by atoms with E-state index in [2.05, 4.69) is 12.6 Å². The Hall–Kier alpha value is 0.527. The Morgan fingerprint density at radius 1 is 1.71 bits per heavy atom. The fourth-order valence-electron chi connectivity index (χ4n) is 0.0645. The Kier molecular flexibility index (Phi) is 2.95. The van der Waals surface area contributed by atoms with Crippen LogP contribution in [-0.4, -0.2) is 21.8 Å². The van der Waals surface area contributed by atoms with Gasteiger partial charge in [-0.15, -0.1) is 0 Å². The molecule has 0 aliphatic heterocycles. The molecule has 0 aromatic heterocycles. The highest BCUT2D eigenvalue weighted by atomic mass is 32.1. The zero-order chi connectivity index (χ0) is 5.91. The molecular weight excluding hydrogens is 124 g/mol. The predicted molar refractivity (Wildman–Crippen MR) is 39.0 cm³/mol. The molecule has 3 heteroatoms. The van der Waals surface area contributed by atoms with Gasteiger partial charge in [0.15, 0.2) is 0 Å². The molecule has 0 atom stereocenters. The molecule has 1 nitrogen and oxygen atoms in total. The van der Waals surface area contributed by atoms with Gasteiger partial charge in [0.05, 0.1) is 5.60 Å². The highest BCUT2D eigenvalue weighted by molar-refractivity contribution is 7.80. The second-order valence-corrected chi connectivity index (χ2v) is 2.85. The SMILES string of the molecule is CC(C)(CS)O[SiH3]. The van der Waals surface area contributed by atoms with E-state index in [-0.39, 0.29) is 5.60 Å². The summed E-state index contributed by atoms with van der Waals surface area (Å²) in [6, 6.07) is 0. The number of thiol groups is 1. The molecule has 0 rings (SSSR count). The van der Waals surface area contributed by atoms with Crippen molar-refractivity contribution >= 4 is 23.1 Å². The molecule has 0 unspecified atom stereocenters. The van der Waals surface area contributed by atoms with E-state index < -0.39 is 0 Å². The molecule has 0 aromatic carbocycles. The molecule has 0 N–H and O–H groups in total. The Bertz CT molecular complexity index is 49.7. The van der Waals surface area contributed by atoms with E-state index in [0.717, 1.165) is 16.2 Å². The lowest BCUT2D eigenvalue weighted by Crippen LogP contribution is -2.24. The molecule has 0 heterocycles. The van der Waals surface area contributed by atoms with E-state index >= 15 is 0 Å². The fraction of sp³-hybridized carbons (Fsp3) is 1.00. The maximum absolute atomic E-state index is 5.15. The minimum atomic E-state index is 0.00926. The molecular formula is C4H12OSSi. The maximum atomic E-state index is 5.15. The van der Waals surface area contributed by atoms with Crippen molar-refractivity contribution in [2.75, 3.05) is 5.75 Å². The first-order valence-corrected chi connectivity index (χ1v) is 3.73. The second-order valence-electron chi connectivity index (χ2n) is 2.12. The summed E-state index contributed by atoms with van der Waals surface area (Å²) >= 11 is 4.08. The van der Waals surface area contributed by atoms with Crippen molar-refractivity contribution in [3.63, 3.8) is 0 Å². The third-order valence-corrected chi connectivity index (χ3v) is 2.80. The lowest BCUT2D eigenvalue weighted by atomic mass is 10.2. The van der Waals surface area contributed by atoms with Gasteiger partial charge in [-0.3, -0.25) is 0 Å². The van der Waals surface area contributed by atoms with Gasteiger partial charge in [-0.25, -0.2) is 0 Å². The van der Waals surface area contributed by atoms with Gasteiger partial charge in [0.25, 0.3) is 0 Å². The van der Waals surface area contributed by atoms with Gasteiger partial charge < -0.3 is 4.43 Å². The summed E-state index contributed by atoms with van der Waals surface area (Å²) in [6.45, 7) is 4.07. The minimum absolute atomic E-state index is 0.00926. The number of hydrogen-bond acceptors (Lipinski definition) is 2. The summed E-state index contributed by atoms with van der Waals surface area (Å²) in [5.74, 6) is 0.802. The summed E-state index contributed by atoms with van der Waals surface area (Å²) in [7, 11) is 0.808. The average molecular weight is 136 g/mol. The van der Waals surface area contributed by atoms with E-state index in [1.807, 2.05) is 13.8 Å². The van der Waals surface area contributed by atoms with Crippen LogP contribution in [0.5, 0.6) is 0 Å². The molecule has 7 heavy (non-hydrogen) atoms. The quantitative estimate of drug-likeness (QED) is 0.415. The van der Waals surface area contributed by atoms with Crippen molar-refractivity contribution < 1.29 is 4.43 Å². The Balaban J connectivity index is 3.36. The van der Waals surface area contributed by atoms with Crippen LogP contribution in [-0.2, 0) is 4.43 Å². The summed E-state index contributed by atoms with van der Waals surface area (Å²) in [5.41, 5.74) is 0.00926. The van der Waals surface area contributed by atoms with Crippen LogP contribution in [0.2, 0.25) is 0 Å². The zero-order valence-corrected chi connectivity index (χ0v) is 7.96. The summed E-state index contributed by atoms with van der Waals surface area (Å²) in [5, 5.41) is 0. The van der Waals surface area contributed by atoms with Crippen LogP contribution < -0.4 is 0 Å². The largest absolute Gasteiger partial charge is 0.422 e. The number of hydrogen-bond donors (Lipinski definition) is 1. The first-order valence-electron chi connectivity index (χ1n) is 2.28. The van der Waals surface area contributed by atoms with E-state index in [1.54, 1.807) is 0 Å².